The van der Waals surface area contributed by atoms with Crippen LogP contribution in [0.4, 0.5) is 4.79 Å². The van der Waals surface area contributed by atoms with Gasteiger partial charge in [-0.25, -0.2) is 9.78 Å². The molecule has 1 saturated heterocycles. The van der Waals surface area contributed by atoms with Crippen molar-refractivity contribution in [1.29, 1.82) is 0 Å². The van der Waals surface area contributed by atoms with E-state index in [1.54, 1.807) is 30.0 Å². The number of piperidine rings is 1. The summed E-state index contributed by atoms with van der Waals surface area (Å²) in [6.45, 7) is 5.73. The van der Waals surface area contributed by atoms with Crippen molar-refractivity contribution in [3.05, 3.63) is 29.6 Å². The van der Waals surface area contributed by atoms with Crippen LogP contribution in [0, 0.1) is 0 Å². The fourth-order valence-electron chi connectivity index (χ4n) is 2.70. The Balaban J connectivity index is 1.88. The number of pyridine rings is 1. The summed E-state index contributed by atoms with van der Waals surface area (Å²) in [5, 5.41) is 5.66. The molecule has 0 saturated carbocycles. The molecule has 26 heavy (non-hydrogen) atoms. The van der Waals surface area contributed by atoms with Crippen LogP contribution in [-0.2, 0) is 4.74 Å². The van der Waals surface area contributed by atoms with E-state index in [9.17, 15) is 14.4 Å². The van der Waals surface area contributed by atoms with E-state index in [4.69, 9.17) is 4.74 Å². The second-order valence-electron chi connectivity index (χ2n) is 6.10. The monoisotopic (exact) mass is 362 g/mol. The van der Waals surface area contributed by atoms with E-state index in [2.05, 4.69) is 15.6 Å². The molecule has 2 rings (SSSR count). The number of likely N-dealkylation sites (tertiary alicyclic amines) is 1. The fourth-order valence-corrected chi connectivity index (χ4v) is 2.70. The SMILES string of the molecule is CCCNC(=O)c1cccc(C(=O)NC2CCN(C(=O)OCC)CC2)n1. The van der Waals surface area contributed by atoms with Crippen molar-refractivity contribution in [3.8, 4) is 0 Å². The average Bonchev–Trinajstić information content (AvgIpc) is 2.67. The molecule has 8 nitrogen and oxygen atoms in total. The van der Waals surface area contributed by atoms with E-state index in [1.807, 2.05) is 6.92 Å². The van der Waals surface area contributed by atoms with E-state index in [1.165, 1.54) is 0 Å². The zero-order valence-corrected chi connectivity index (χ0v) is 15.3. The molecule has 0 radical (unpaired) electrons. The number of amides is 3. The first-order valence-electron chi connectivity index (χ1n) is 9.03. The van der Waals surface area contributed by atoms with Gasteiger partial charge < -0.3 is 20.3 Å². The van der Waals surface area contributed by atoms with Gasteiger partial charge in [-0.05, 0) is 38.3 Å². The van der Waals surface area contributed by atoms with Crippen LogP contribution in [0.5, 0.6) is 0 Å². The average molecular weight is 362 g/mol. The van der Waals surface area contributed by atoms with Crippen molar-refractivity contribution in [3.63, 3.8) is 0 Å². The molecule has 1 aliphatic rings. The molecule has 0 unspecified atom stereocenters. The summed E-state index contributed by atoms with van der Waals surface area (Å²) in [6, 6.07) is 4.78. The molecule has 142 valence electrons. The number of hydrogen-bond acceptors (Lipinski definition) is 5. The van der Waals surface area contributed by atoms with Gasteiger partial charge in [0.1, 0.15) is 11.4 Å². The van der Waals surface area contributed by atoms with Gasteiger partial charge in [0.25, 0.3) is 11.8 Å². The molecule has 1 aliphatic heterocycles. The molecule has 1 aromatic rings. The minimum Gasteiger partial charge on any atom is -0.450 e. The molecule has 2 N–H and O–H groups in total. The number of carbonyl (C=O) groups excluding carboxylic acids is 3. The van der Waals surface area contributed by atoms with E-state index in [0.717, 1.165) is 6.42 Å². The lowest BCUT2D eigenvalue weighted by Crippen LogP contribution is -2.46. The van der Waals surface area contributed by atoms with Crippen LogP contribution in [0.1, 0.15) is 54.1 Å². The van der Waals surface area contributed by atoms with Crippen LogP contribution < -0.4 is 10.6 Å². The maximum absolute atomic E-state index is 12.4. The van der Waals surface area contributed by atoms with Crippen molar-refractivity contribution in [1.82, 2.24) is 20.5 Å². The summed E-state index contributed by atoms with van der Waals surface area (Å²) in [5.41, 5.74) is 0.435. The van der Waals surface area contributed by atoms with Gasteiger partial charge >= 0.3 is 6.09 Å². The smallest absolute Gasteiger partial charge is 0.409 e. The zero-order chi connectivity index (χ0) is 18.9. The Bertz CT molecular complexity index is 642. The number of rotatable bonds is 6. The molecule has 0 spiro atoms. The molecule has 1 fully saturated rings. The summed E-state index contributed by atoms with van der Waals surface area (Å²) < 4.78 is 4.98. The molecule has 8 heteroatoms. The third-order valence-corrected chi connectivity index (χ3v) is 4.11. The van der Waals surface area contributed by atoms with Crippen LogP contribution in [-0.4, -0.2) is 60.1 Å². The van der Waals surface area contributed by atoms with E-state index < -0.39 is 0 Å². The van der Waals surface area contributed by atoms with Gasteiger partial charge in [0.15, 0.2) is 0 Å². The molecule has 2 heterocycles. The first kappa shape index (κ1) is 19.7. The van der Waals surface area contributed by atoms with Crippen molar-refractivity contribution in [2.24, 2.45) is 0 Å². The van der Waals surface area contributed by atoms with Gasteiger partial charge in [0, 0.05) is 25.7 Å². The molecule has 3 amide bonds. The summed E-state index contributed by atoms with van der Waals surface area (Å²) in [6.07, 6.45) is 1.82. The Morgan fingerprint density at radius 3 is 2.42 bits per heavy atom. The quantitative estimate of drug-likeness (QED) is 0.800. The predicted octanol–water partition coefficient (Wildman–Crippen LogP) is 1.57. The van der Waals surface area contributed by atoms with Gasteiger partial charge in [-0.3, -0.25) is 9.59 Å². The van der Waals surface area contributed by atoms with Gasteiger partial charge in [-0.15, -0.1) is 0 Å². The summed E-state index contributed by atoms with van der Waals surface area (Å²) >= 11 is 0. The molecule has 0 aromatic carbocycles. The lowest BCUT2D eigenvalue weighted by atomic mass is 10.1. The fraction of sp³-hybridized carbons (Fsp3) is 0.556. The Morgan fingerprint density at radius 1 is 1.15 bits per heavy atom. The Morgan fingerprint density at radius 2 is 1.81 bits per heavy atom. The van der Waals surface area contributed by atoms with Crippen LogP contribution in [0.2, 0.25) is 0 Å². The number of nitrogens with one attached hydrogen (secondary N) is 2. The summed E-state index contributed by atoms with van der Waals surface area (Å²) in [5.74, 6) is -0.603. The Labute approximate surface area is 153 Å². The van der Waals surface area contributed by atoms with Gasteiger partial charge in [-0.1, -0.05) is 13.0 Å². The lowest BCUT2D eigenvalue weighted by molar-refractivity contribution is 0.0856. The third kappa shape index (κ3) is 5.44. The molecule has 1 aromatic heterocycles. The van der Waals surface area contributed by atoms with E-state index in [0.29, 0.717) is 39.1 Å². The second-order valence-corrected chi connectivity index (χ2v) is 6.10. The van der Waals surface area contributed by atoms with Crippen LogP contribution in [0.25, 0.3) is 0 Å². The zero-order valence-electron chi connectivity index (χ0n) is 15.3. The second kappa shape index (κ2) is 9.74. The standard InChI is InChI=1S/C18H26N4O4/c1-3-10-19-16(23)14-6-5-7-15(21-14)17(24)20-13-8-11-22(12-9-13)18(25)26-4-2/h5-7,13H,3-4,8-12H2,1-2H3,(H,19,23)(H,20,24). The van der Waals surface area contributed by atoms with Crippen LogP contribution >= 0.6 is 0 Å². The number of carbonyl (C=O) groups is 3. The highest BCUT2D eigenvalue weighted by Crippen LogP contribution is 2.12. The molecular weight excluding hydrogens is 336 g/mol. The number of aromatic nitrogens is 1. The largest absolute Gasteiger partial charge is 0.450 e. The number of hydrogen-bond donors (Lipinski definition) is 2. The van der Waals surface area contributed by atoms with E-state index >= 15 is 0 Å². The maximum atomic E-state index is 12.4. The normalized spacial score (nSPS) is 14.6. The Kier molecular flexibility index (Phi) is 7.37. The van der Waals surface area contributed by atoms with Gasteiger partial charge in [-0.2, -0.15) is 0 Å². The molecular formula is C18H26N4O4. The maximum Gasteiger partial charge on any atom is 0.409 e. The highest BCUT2D eigenvalue weighted by atomic mass is 16.6. The van der Waals surface area contributed by atoms with Crippen molar-refractivity contribution >= 4 is 17.9 Å². The highest BCUT2D eigenvalue weighted by molar-refractivity contribution is 5.96. The minimum absolute atomic E-state index is 0.0347. The van der Waals surface area contributed by atoms with Crippen molar-refractivity contribution in [2.45, 2.75) is 39.2 Å². The predicted molar refractivity (Wildman–Crippen MR) is 95.9 cm³/mol. The van der Waals surface area contributed by atoms with Crippen molar-refractivity contribution < 1.29 is 19.1 Å². The topological polar surface area (TPSA) is 101 Å². The summed E-state index contributed by atoms with van der Waals surface area (Å²) in [7, 11) is 0. The van der Waals surface area contributed by atoms with Gasteiger partial charge in [0.2, 0.25) is 0 Å². The molecule has 0 bridgehead atoms. The number of ether oxygens (including phenoxy) is 1. The van der Waals surface area contributed by atoms with Crippen LogP contribution in [0.15, 0.2) is 18.2 Å². The summed E-state index contributed by atoms with van der Waals surface area (Å²) in [4.78, 5) is 41.9. The minimum atomic E-state index is -0.315. The first-order chi connectivity index (χ1) is 12.5. The van der Waals surface area contributed by atoms with Gasteiger partial charge in [0.05, 0.1) is 6.61 Å². The van der Waals surface area contributed by atoms with Crippen LogP contribution in [0.3, 0.4) is 0 Å². The van der Waals surface area contributed by atoms with E-state index in [-0.39, 0.29) is 35.3 Å². The first-order valence-corrected chi connectivity index (χ1v) is 9.03. The lowest BCUT2D eigenvalue weighted by Gasteiger charge is -2.31. The number of nitrogens with zero attached hydrogens (tertiary/aromatic N) is 2. The molecule has 0 atom stereocenters. The Hall–Kier alpha value is -2.64. The highest BCUT2D eigenvalue weighted by Gasteiger charge is 2.25. The molecule has 0 aliphatic carbocycles. The third-order valence-electron chi connectivity index (χ3n) is 4.11. The van der Waals surface area contributed by atoms with Crippen molar-refractivity contribution in [2.75, 3.05) is 26.2 Å².